The summed E-state index contributed by atoms with van der Waals surface area (Å²) in [5.41, 5.74) is 0. The topological polar surface area (TPSA) is 99.4 Å². The molecule has 0 saturated carbocycles. The third kappa shape index (κ3) is 2.50. The van der Waals surface area contributed by atoms with E-state index < -0.39 is 30.7 Å². The molecule has 6 heteroatoms. The maximum Gasteiger partial charge on any atom is 0.229 e. The first-order valence-corrected chi connectivity index (χ1v) is 7.06. The lowest BCUT2D eigenvalue weighted by Gasteiger charge is -2.39. The van der Waals surface area contributed by atoms with Crippen molar-refractivity contribution in [2.45, 2.75) is 37.6 Å². The Balaban J connectivity index is 1.93. The van der Waals surface area contributed by atoms with Crippen LogP contribution in [0, 0.1) is 0 Å². The fraction of sp³-hybridized carbons (Fsp3) is 0.375. The van der Waals surface area contributed by atoms with Gasteiger partial charge in [-0.2, -0.15) is 0 Å². The lowest BCUT2D eigenvalue weighted by atomic mass is 10.00. The molecular weight excluding hydrogens is 288 g/mol. The molecule has 0 bridgehead atoms. The molecule has 0 radical (unpaired) electrons. The second-order valence-electron chi connectivity index (χ2n) is 5.43. The SMILES string of the molecule is C[C@@H]1O[C@@H](Oc2cccc3cccc(O)c23)[C@H](O)[C@H](O)[C@H]1O. The van der Waals surface area contributed by atoms with Crippen LogP contribution in [-0.4, -0.2) is 51.1 Å². The van der Waals surface area contributed by atoms with Crippen molar-refractivity contribution in [1.82, 2.24) is 0 Å². The third-order valence-corrected chi connectivity index (χ3v) is 3.90. The quantitative estimate of drug-likeness (QED) is 0.653. The van der Waals surface area contributed by atoms with E-state index in [9.17, 15) is 20.4 Å². The first kappa shape index (κ1) is 15.1. The Bertz CT molecular complexity index is 667. The molecule has 1 aliphatic rings. The van der Waals surface area contributed by atoms with Crippen LogP contribution in [-0.2, 0) is 4.74 Å². The number of aliphatic hydroxyl groups excluding tert-OH is 3. The van der Waals surface area contributed by atoms with Crippen molar-refractivity contribution in [3.05, 3.63) is 36.4 Å². The minimum Gasteiger partial charge on any atom is -0.507 e. The normalized spacial score (nSPS) is 32.1. The van der Waals surface area contributed by atoms with E-state index in [2.05, 4.69) is 0 Å². The zero-order valence-electron chi connectivity index (χ0n) is 12.0. The molecule has 5 atom stereocenters. The molecule has 0 aromatic heterocycles. The van der Waals surface area contributed by atoms with E-state index in [1.54, 1.807) is 25.1 Å². The van der Waals surface area contributed by atoms with Gasteiger partial charge in [0.15, 0.2) is 0 Å². The van der Waals surface area contributed by atoms with Gasteiger partial charge in [-0.3, -0.25) is 0 Å². The van der Waals surface area contributed by atoms with Gasteiger partial charge in [-0.15, -0.1) is 0 Å². The Labute approximate surface area is 127 Å². The van der Waals surface area contributed by atoms with Crippen LogP contribution in [0.3, 0.4) is 0 Å². The number of phenolic OH excluding ortho intramolecular Hbond substituents is 1. The Hall–Kier alpha value is -1.86. The summed E-state index contributed by atoms with van der Waals surface area (Å²) < 4.78 is 11.1. The van der Waals surface area contributed by atoms with Crippen LogP contribution in [0.2, 0.25) is 0 Å². The average Bonchev–Trinajstić information content (AvgIpc) is 2.51. The summed E-state index contributed by atoms with van der Waals surface area (Å²) in [4.78, 5) is 0. The molecule has 118 valence electrons. The van der Waals surface area contributed by atoms with Crippen molar-refractivity contribution in [2.75, 3.05) is 0 Å². The number of aromatic hydroxyl groups is 1. The smallest absolute Gasteiger partial charge is 0.229 e. The summed E-state index contributed by atoms with van der Waals surface area (Å²) in [6.07, 6.45) is -5.77. The summed E-state index contributed by atoms with van der Waals surface area (Å²) in [6, 6.07) is 10.3. The first-order valence-electron chi connectivity index (χ1n) is 7.06. The van der Waals surface area contributed by atoms with Gasteiger partial charge in [0.1, 0.15) is 29.8 Å². The summed E-state index contributed by atoms with van der Waals surface area (Å²) in [5, 5.41) is 40.8. The van der Waals surface area contributed by atoms with Gasteiger partial charge in [-0.25, -0.2) is 0 Å². The van der Waals surface area contributed by atoms with Crippen LogP contribution in [0.4, 0.5) is 0 Å². The molecule has 1 fully saturated rings. The lowest BCUT2D eigenvalue weighted by molar-refractivity contribution is -0.267. The molecule has 1 heterocycles. The zero-order chi connectivity index (χ0) is 15.9. The largest absolute Gasteiger partial charge is 0.507 e. The molecule has 0 amide bonds. The van der Waals surface area contributed by atoms with Gasteiger partial charge < -0.3 is 29.9 Å². The van der Waals surface area contributed by atoms with Crippen LogP contribution in [0.15, 0.2) is 36.4 Å². The van der Waals surface area contributed by atoms with Gasteiger partial charge in [0.25, 0.3) is 0 Å². The summed E-state index contributed by atoms with van der Waals surface area (Å²) in [6.45, 7) is 1.58. The van der Waals surface area contributed by atoms with Crippen molar-refractivity contribution in [2.24, 2.45) is 0 Å². The van der Waals surface area contributed by atoms with E-state index in [4.69, 9.17) is 9.47 Å². The molecule has 4 N–H and O–H groups in total. The van der Waals surface area contributed by atoms with Crippen LogP contribution in [0.5, 0.6) is 11.5 Å². The number of hydrogen-bond acceptors (Lipinski definition) is 6. The predicted molar refractivity (Wildman–Crippen MR) is 78.6 cm³/mol. The van der Waals surface area contributed by atoms with Crippen molar-refractivity contribution in [1.29, 1.82) is 0 Å². The predicted octanol–water partition coefficient (Wildman–Crippen LogP) is 0.752. The highest BCUT2D eigenvalue weighted by atomic mass is 16.7. The van der Waals surface area contributed by atoms with E-state index in [0.717, 1.165) is 5.39 Å². The summed E-state index contributed by atoms with van der Waals surface area (Å²) in [7, 11) is 0. The minimum atomic E-state index is -1.40. The number of aliphatic hydroxyl groups is 3. The summed E-state index contributed by atoms with van der Waals surface area (Å²) >= 11 is 0. The van der Waals surface area contributed by atoms with Crippen molar-refractivity contribution >= 4 is 10.8 Å². The van der Waals surface area contributed by atoms with E-state index >= 15 is 0 Å². The highest BCUT2D eigenvalue weighted by Gasteiger charge is 2.43. The Kier molecular flexibility index (Phi) is 3.92. The molecule has 1 aliphatic heterocycles. The first-order chi connectivity index (χ1) is 10.5. The molecule has 22 heavy (non-hydrogen) atoms. The maximum atomic E-state index is 10.0. The second-order valence-corrected chi connectivity index (χ2v) is 5.43. The molecule has 0 spiro atoms. The van der Waals surface area contributed by atoms with Gasteiger partial charge in [0.2, 0.25) is 6.29 Å². The van der Waals surface area contributed by atoms with Gasteiger partial charge >= 0.3 is 0 Å². The fourth-order valence-corrected chi connectivity index (χ4v) is 2.62. The number of benzene rings is 2. The monoisotopic (exact) mass is 306 g/mol. The summed E-state index contributed by atoms with van der Waals surface area (Å²) in [5.74, 6) is 0.377. The third-order valence-electron chi connectivity index (χ3n) is 3.90. The van der Waals surface area contributed by atoms with Gasteiger partial charge in [-0.1, -0.05) is 24.3 Å². The van der Waals surface area contributed by atoms with Crippen molar-refractivity contribution < 1.29 is 29.9 Å². The lowest BCUT2D eigenvalue weighted by Crippen LogP contribution is -2.58. The Morgan fingerprint density at radius 1 is 0.955 bits per heavy atom. The molecule has 6 nitrogen and oxygen atoms in total. The molecule has 0 unspecified atom stereocenters. The molecule has 2 aromatic rings. The molecule has 3 rings (SSSR count). The highest BCUT2D eigenvalue weighted by molar-refractivity contribution is 5.93. The number of rotatable bonds is 2. The van der Waals surface area contributed by atoms with Gasteiger partial charge in [0.05, 0.1) is 11.5 Å². The van der Waals surface area contributed by atoms with Crippen molar-refractivity contribution in [3.8, 4) is 11.5 Å². The Morgan fingerprint density at radius 2 is 1.64 bits per heavy atom. The van der Waals surface area contributed by atoms with Crippen LogP contribution < -0.4 is 4.74 Å². The van der Waals surface area contributed by atoms with E-state index in [-0.39, 0.29) is 5.75 Å². The number of phenols is 1. The number of hydrogen-bond donors (Lipinski definition) is 4. The van der Waals surface area contributed by atoms with Gasteiger partial charge in [-0.05, 0) is 24.4 Å². The van der Waals surface area contributed by atoms with Crippen LogP contribution in [0.1, 0.15) is 6.92 Å². The number of fused-ring (bicyclic) bond motifs is 1. The van der Waals surface area contributed by atoms with Crippen molar-refractivity contribution in [3.63, 3.8) is 0 Å². The average molecular weight is 306 g/mol. The minimum absolute atomic E-state index is 0.0482. The number of ether oxygens (including phenoxy) is 2. The van der Waals surface area contributed by atoms with E-state index in [1.165, 1.54) is 6.07 Å². The molecular formula is C16H18O6. The highest BCUT2D eigenvalue weighted by Crippen LogP contribution is 2.35. The molecule has 0 aliphatic carbocycles. The van der Waals surface area contributed by atoms with Crippen LogP contribution in [0.25, 0.3) is 10.8 Å². The molecule has 2 aromatic carbocycles. The second kappa shape index (κ2) is 5.73. The zero-order valence-corrected chi connectivity index (χ0v) is 12.0. The van der Waals surface area contributed by atoms with Gasteiger partial charge in [0, 0.05) is 0 Å². The Morgan fingerprint density at radius 3 is 2.36 bits per heavy atom. The standard InChI is InChI=1S/C16H18O6/c1-8-13(18)14(19)15(20)16(21-8)22-11-7-3-5-9-4-2-6-10(17)12(9)11/h2-8,13-20H,1H3/t8-,13-,14+,15+,16-/m0/s1. The maximum absolute atomic E-state index is 10.0. The molecule has 1 saturated heterocycles. The van der Waals surface area contributed by atoms with Crippen LogP contribution >= 0.6 is 0 Å². The van der Waals surface area contributed by atoms with E-state index in [0.29, 0.717) is 11.1 Å². The fourth-order valence-electron chi connectivity index (χ4n) is 2.62. The van der Waals surface area contributed by atoms with E-state index in [1.807, 2.05) is 12.1 Å².